The number of likely N-dealkylation sites (N-methyl/N-ethyl adjacent to an activating group) is 1. The number of hydrogen-bond donors (Lipinski definition) is 1. The Morgan fingerprint density at radius 2 is 2.07 bits per heavy atom. The van der Waals surface area contributed by atoms with Crippen molar-refractivity contribution in [1.29, 1.82) is 0 Å². The van der Waals surface area contributed by atoms with Crippen LogP contribution in [0.2, 0.25) is 0 Å². The second-order valence-corrected chi connectivity index (χ2v) is 5.55. The van der Waals surface area contributed by atoms with Gasteiger partial charge in [0.1, 0.15) is 0 Å². The summed E-state index contributed by atoms with van der Waals surface area (Å²) in [6.07, 6.45) is 2.67. The first-order chi connectivity index (χ1) is 7.19. The van der Waals surface area contributed by atoms with Crippen LogP contribution in [0.5, 0.6) is 0 Å². The molecule has 1 nitrogen and oxygen atoms in total. The van der Waals surface area contributed by atoms with Crippen LogP contribution in [0.3, 0.4) is 0 Å². The van der Waals surface area contributed by atoms with E-state index in [0.29, 0.717) is 5.41 Å². The fourth-order valence-electron chi connectivity index (χ4n) is 2.67. The van der Waals surface area contributed by atoms with Gasteiger partial charge in [-0.15, -0.1) is 0 Å². The maximum Gasteiger partial charge on any atom is 0.0175 e. The van der Waals surface area contributed by atoms with E-state index in [1.807, 2.05) is 7.05 Å². The van der Waals surface area contributed by atoms with Gasteiger partial charge in [-0.1, -0.05) is 35.0 Å². The van der Waals surface area contributed by atoms with Gasteiger partial charge in [0.15, 0.2) is 0 Å². The minimum Gasteiger partial charge on any atom is -0.319 e. The average molecular weight is 268 g/mol. The van der Waals surface area contributed by atoms with E-state index in [0.717, 1.165) is 16.9 Å². The van der Waals surface area contributed by atoms with Crippen molar-refractivity contribution >= 4 is 15.9 Å². The maximum absolute atomic E-state index is 3.49. The summed E-state index contributed by atoms with van der Waals surface area (Å²) in [5.74, 6) is 0.797. The van der Waals surface area contributed by atoms with Gasteiger partial charge in [0.2, 0.25) is 0 Å². The number of benzene rings is 1. The highest BCUT2D eigenvalue weighted by Crippen LogP contribution is 2.48. The third-order valence-corrected chi connectivity index (χ3v) is 4.41. The van der Waals surface area contributed by atoms with Crippen LogP contribution in [-0.4, -0.2) is 13.6 Å². The number of rotatable bonds is 3. The van der Waals surface area contributed by atoms with Crippen molar-refractivity contribution < 1.29 is 0 Å². The molecule has 0 saturated heterocycles. The zero-order valence-electron chi connectivity index (χ0n) is 9.39. The lowest BCUT2D eigenvalue weighted by Gasteiger charge is -2.49. The third kappa shape index (κ3) is 1.85. The number of halogens is 1. The number of hydrogen-bond acceptors (Lipinski definition) is 1. The van der Waals surface area contributed by atoms with E-state index in [1.54, 1.807) is 0 Å². The summed E-state index contributed by atoms with van der Waals surface area (Å²) in [5, 5.41) is 3.34. The molecule has 15 heavy (non-hydrogen) atoms. The van der Waals surface area contributed by atoms with Crippen LogP contribution in [0, 0.1) is 5.92 Å². The molecule has 1 saturated carbocycles. The molecule has 0 heterocycles. The SMILES string of the molecule is CNCC1(c2ccc(Br)cc2)CCC1C. The van der Waals surface area contributed by atoms with Crippen LogP contribution in [0.1, 0.15) is 25.3 Å². The van der Waals surface area contributed by atoms with Crippen molar-refractivity contribution in [2.24, 2.45) is 5.92 Å². The first-order valence-electron chi connectivity index (χ1n) is 5.60. The minimum absolute atomic E-state index is 0.384. The van der Waals surface area contributed by atoms with E-state index in [9.17, 15) is 0 Å². The zero-order chi connectivity index (χ0) is 10.9. The quantitative estimate of drug-likeness (QED) is 0.886. The molecule has 2 atom stereocenters. The Labute approximate surface area is 100 Å². The van der Waals surface area contributed by atoms with Crippen molar-refractivity contribution in [3.8, 4) is 0 Å². The fourth-order valence-corrected chi connectivity index (χ4v) is 2.94. The summed E-state index contributed by atoms with van der Waals surface area (Å²) in [6, 6.07) is 8.82. The normalized spacial score (nSPS) is 29.9. The van der Waals surface area contributed by atoms with Gasteiger partial charge in [-0.2, -0.15) is 0 Å². The summed E-state index contributed by atoms with van der Waals surface area (Å²) < 4.78 is 1.16. The van der Waals surface area contributed by atoms with E-state index in [4.69, 9.17) is 0 Å². The summed E-state index contributed by atoms with van der Waals surface area (Å²) in [7, 11) is 2.05. The predicted molar refractivity (Wildman–Crippen MR) is 68.1 cm³/mol. The van der Waals surface area contributed by atoms with Gasteiger partial charge in [0.25, 0.3) is 0 Å². The van der Waals surface area contributed by atoms with E-state index >= 15 is 0 Å². The van der Waals surface area contributed by atoms with Crippen LogP contribution in [0.4, 0.5) is 0 Å². The van der Waals surface area contributed by atoms with Crippen molar-refractivity contribution in [2.75, 3.05) is 13.6 Å². The third-order valence-electron chi connectivity index (χ3n) is 3.88. The van der Waals surface area contributed by atoms with E-state index < -0.39 is 0 Å². The fraction of sp³-hybridized carbons (Fsp3) is 0.538. The van der Waals surface area contributed by atoms with E-state index in [2.05, 4.69) is 52.4 Å². The molecule has 1 aliphatic rings. The smallest absolute Gasteiger partial charge is 0.0175 e. The molecule has 1 aromatic rings. The lowest BCUT2D eigenvalue weighted by atomic mass is 9.57. The first kappa shape index (κ1) is 11.2. The molecular weight excluding hydrogens is 250 g/mol. The van der Waals surface area contributed by atoms with Gasteiger partial charge in [0, 0.05) is 16.4 Å². The largest absolute Gasteiger partial charge is 0.319 e. The predicted octanol–water partition coefficient (Wildman–Crippen LogP) is 3.34. The molecule has 1 N–H and O–H groups in total. The minimum atomic E-state index is 0.384. The van der Waals surface area contributed by atoms with E-state index in [-0.39, 0.29) is 0 Å². The van der Waals surface area contributed by atoms with Gasteiger partial charge in [-0.25, -0.2) is 0 Å². The molecule has 1 fully saturated rings. The van der Waals surface area contributed by atoms with Gasteiger partial charge in [-0.3, -0.25) is 0 Å². The Balaban J connectivity index is 2.29. The second-order valence-electron chi connectivity index (χ2n) is 4.63. The van der Waals surface area contributed by atoms with Crippen molar-refractivity contribution in [1.82, 2.24) is 5.32 Å². The molecular formula is C13H18BrN. The molecule has 1 aliphatic carbocycles. The van der Waals surface area contributed by atoms with Crippen LogP contribution in [-0.2, 0) is 5.41 Å². The lowest BCUT2D eigenvalue weighted by molar-refractivity contribution is 0.137. The average Bonchev–Trinajstić information content (AvgIpc) is 2.25. The monoisotopic (exact) mass is 267 g/mol. The Hall–Kier alpha value is -0.340. The van der Waals surface area contributed by atoms with E-state index in [1.165, 1.54) is 18.4 Å². The van der Waals surface area contributed by atoms with Crippen LogP contribution in [0.25, 0.3) is 0 Å². The molecule has 2 heteroatoms. The highest BCUT2D eigenvalue weighted by molar-refractivity contribution is 9.10. The van der Waals surface area contributed by atoms with Crippen molar-refractivity contribution in [3.63, 3.8) is 0 Å². The first-order valence-corrected chi connectivity index (χ1v) is 6.39. The molecule has 0 aliphatic heterocycles. The van der Waals surface area contributed by atoms with Gasteiger partial charge in [-0.05, 0) is 43.5 Å². The molecule has 2 unspecified atom stereocenters. The maximum atomic E-state index is 3.49. The molecule has 0 amide bonds. The Kier molecular flexibility index (Phi) is 3.17. The molecule has 2 rings (SSSR count). The topological polar surface area (TPSA) is 12.0 Å². The van der Waals surface area contributed by atoms with Crippen molar-refractivity contribution in [3.05, 3.63) is 34.3 Å². The second kappa shape index (κ2) is 4.26. The van der Waals surface area contributed by atoms with Gasteiger partial charge < -0.3 is 5.32 Å². The summed E-state index contributed by atoms with van der Waals surface area (Å²) in [5.41, 5.74) is 1.87. The molecule has 0 spiro atoms. The Morgan fingerprint density at radius 3 is 2.47 bits per heavy atom. The highest BCUT2D eigenvalue weighted by atomic mass is 79.9. The molecule has 1 aromatic carbocycles. The number of nitrogens with one attached hydrogen (secondary N) is 1. The Morgan fingerprint density at radius 1 is 1.40 bits per heavy atom. The van der Waals surface area contributed by atoms with Crippen LogP contribution >= 0.6 is 15.9 Å². The lowest BCUT2D eigenvalue weighted by Crippen LogP contribution is -2.49. The standard InChI is InChI=1S/C13H18BrN/c1-10-7-8-13(10,9-15-2)11-3-5-12(14)6-4-11/h3-6,10,15H,7-9H2,1-2H3. The van der Waals surface area contributed by atoms with Crippen molar-refractivity contribution in [2.45, 2.75) is 25.2 Å². The molecule has 0 bridgehead atoms. The van der Waals surface area contributed by atoms with Gasteiger partial charge in [0.05, 0.1) is 0 Å². The summed E-state index contributed by atoms with van der Waals surface area (Å²) >= 11 is 3.49. The van der Waals surface area contributed by atoms with Crippen LogP contribution in [0.15, 0.2) is 28.7 Å². The highest BCUT2D eigenvalue weighted by Gasteiger charge is 2.44. The summed E-state index contributed by atoms with van der Waals surface area (Å²) in [6.45, 7) is 3.46. The summed E-state index contributed by atoms with van der Waals surface area (Å²) in [4.78, 5) is 0. The zero-order valence-corrected chi connectivity index (χ0v) is 11.0. The van der Waals surface area contributed by atoms with Gasteiger partial charge >= 0.3 is 0 Å². The Bertz CT molecular complexity index is 333. The van der Waals surface area contributed by atoms with Crippen LogP contribution < -0.4 is 5.32 Å². The molecule has 0 aromatic heterocycles. The molecule has 0 radical (unpaired) electrons. The molecule has 82 valence electrons.